The first-order valence-electron chi connectivity index (χ1n) is 17.4. The average molecular weight is 720 g/mol. The van der Waals surface area contributed by atoms with Gasteiger partial charge in [-0.15, -0.1) is 0 Å². The van der Waals surface area contributed by atoms with Gasteiger partial charge in [0.1, 0.15) is 17.6 Å². The van der Waals surface area contributed by atoms with Crippen LogP contribution in [0.4, 0.5) is 0 Å². The van der Waals surface area contributed by atoms with Crippen LogP contribution in [0.1, 0.15) is 111 Å². The van der Waals surface area contributed by atoms with Crippen molar-refractivity contribution in [3.8, 4) is 11.5 Å². The van der Waals surface area contributed by atoms with Crippen molar-refractivity contribution in [2.75, 3.05) is 13.7 Å². The van der Waals surface area contributed by atoms with E-state index in [9.17, 15) is 49.5 Å². The fraction of sp³-hybridized carbons (Fsp3) is 0.649. The highest BCUT2D eigenvalue weighted by Gasteiger charge is 2.49. The molecule has 0 saturated carbocycles. The molecule has 0 aromatic heterocycles. The molecule has 0 saturated heterocycles. The number of phenols is 1. The molecule has 0 fully saturated rings. The molecule has 0 spiro atoms. The number of hydrogen-bond acceptors (Lipinski definition) is 13. The van der Waals surface area contributed by atoms with Crippen LogP contribution in [0.3, 0.4) is 0 Å². The summed E-state index contributed by atoms with van der Waals surface area (Å²) in [6.45, 7) is 12.3. The number of ether oxygens (including phenoxy) is 3. The number of carbonyl (C=O) groups excluding carboxylic acids is 5. The van der Waals surface area contributed by atoms with Crippen LogP contribution in [-0.2, 0) is 19.1 Å². The Balaban J connectivity index is 1.62. The fourth-order valence-electron chi connectivity index (χ4n) is 7.14. The summed E-state index contributed by atoms with van der Waals surface area (Å²) in [5, 5.41) is 55.5. The number of Topliss-reactive ketones (excluding diaryl/α,β-unsaturated/α-hetero) is 2. The summed E-state index contributed by atoms with van der Waals surface area (Å²) >= 11 is 0. The van der Waals surface area contributed by atoms with E-state index < -0.39 is 94.1 Å². The number of hydrogen-bond donors (Lipinski definition) is 6. The maximum atomic E-state index is 13.4. The standard InChI is InChI=1S/C37H53NO13/c1-16(29(42)19(4)30(43)20(5)33(50-22(7)40)18(3)25(49-9)13-14-39)11-10-12-17(2)36(47)38-23-15-24(41)26-27(32(23)45)31(44)21(6)34-28(26)35(46)37(8,48)51-34/h15-20,25,29-30,33,39,42-44,48H,10-14H2,1-9H3,(H,38,47). The normalized spacial score (nSPS) is 22.3. The largest absolute Gasteiger partial charge is 0.507 e. The summed E-state index contributed by atoms with van der Waals surface area (Å²) in [6, 6.07) is 0. The molecule has 1 heterocycles. The second-order valence-electron chi connectivity index (χ2n) is 14.3. The number of aliphatic hydroxyl groups excluding tert-OH is 3. The van der Waals surface area contributed by atoms with Gasteiger partial charge in [-0.25, -0.2) is 0 Å². The second-order valence-corrected chi connectivity index (χ2v) is 14.3. The van der Waals surface area contributed by atoms with Gasteiger partial charge < -0.3 is 45.1 Å². The van der Waals surface area contributed by atoms with Gasteiger partial charge >= 0.3 is 5.97 Å². The number of rotatable bonds is 17. The molecule has 1 aromatic carbocycles. The Labute approximate surface area is 298 Å². The van der Waals surface area contributed by atoms with Gasteiger partial charge in [-0.1, -0.05) is 41.0 Å². The van der Waals surface area contributed by atoms with Gasteiger partial charge in [0, 0.05) is 62.9 Å². The number of phenolic OH excluding ortho intramolecular Hbond substituents is 1. The number of nitrogens with one attached hydrogen (secondary N) is 1. The van der Waals surface area contributed by atoms with E-state index in [0.29, 0.717) is 25.7 Å². The molecule has 14 nitrogen and oxygen atoms in total. The SMILES string of the molecule is COC(CCO)C(C)C(OC(C)=O)C(C)C(O)C(C)C(O)C(C)CCCC(C)C(=O)NC1=CC(=O)c2c(c(O)c(C)c3c2C(=O)C(C)(O)O3)C1=O. The number of amides is 1. The van der Waals surface area contributed by atoms with E-state index in [1.165, 1.54) is 21.0 Å². The predicted octanol–water partition coefficient (Wildman–Crippen LogP) is 2.77. The Morgan fingerprint density at radius 2 is 1.57 bits per heavy atom. The van der Waals surface area contributed by atoms with Crippen LogP contribution in [0.25, 0.3) is 0 Å². The maximum absolute atomic E-state index is 13.4. The van der Waals surface area contributed by atoms with Crippen molar-refractivity contribution >= 4 is 29.2 Å². The Morgan fingerprint density at radius 3 is 2.14 bits per heavy atom. The highest BCUT2D eigenvalue weighted by molar-refractivity contribution is 6.30. The molecule has 1 amide bonds. The Kier molecular flexibility index (Phi) is 13.7. The van der Waals surface area contributed by atoms with E-state index in [0.717, 1.165) is 13.0 Å². The molecule has 284 valence electrons. The maximum Gasteiger partial charge on any atom is 0.302 e. The predicted molar refractivity (Wildman–Crippen MR) is 183 cm³/mol. The van der Waals surface area contributed by atoms with Gasteiger partial charge in [-0.2, -0.15) is 0 Å². The molecule has 6 N–H and O–H groups in total. The quantitative estimate of drug-likeness (QED) is 0.128. The third kappa shape index (κ3) is 8.69. The molecule has 14 heteroatoms. The second kappa shape index (κ2) is 16.8. The molecule has 51 heavy (non-hydrogen) atoms. The van der Waals surface area contributed by atoms with E-state index in [1.54, 1.807) is 20.8 Å². The van der Waals surface area contributed by atoms with Crippen LogP contribution in [0.2, 0.25) is 0 Å². The molecule has 1 aliphatic heterocycles. The van der Waals surface area contributed by atoms with Crippen molar-refractivity contribution < 1.29 is 63.7 Å². The van der Waals surface area contributed by atoms with Crippen molar-refractivity contribution in [1.82, 2.24) is 5.32 Å². The van der Waals surface area contributed by atoms with Crippen LogP contribution in [0.15, 0.2) is 11.8 Å². The van der Waals surface area contributed by atoms with E-state index in [4.69, 9.17) is 14.2 Å². The monoisotopic (exact) mass is 719 g/mol. The number of benzene rings is 1. The molecule has 0 bridgehead atoms. The number of ketones is 3. The van der Waals surface area contributed by atoms with Gasteiger partial charge in [0.15, 0.2) is 5.78 Å². The fourth-order valence-corrected chi connectivity index (χ4v) is 7.14. The molecule has 2 aliphatic rings. The first kappa shape index (κ1) is 41.7. The zero-order chi connectivity index (χ0) is 38.7. The Morgan fingerprint density at radius 1 is 0.941 bits per heavy atom. The molecule has 10 atom stereocenters. The van der Waals surface area contributed by atoms with Crippen LogP contribution < -0.4 is 10.1 Å². The number of esters is 1. The van der Waals surface area contributed by atoms with Crippen molar-refractivity contribution in [3.63, 3.8) is 0 Å². The summed E-state index contributed by atoms with van der Waals surface area (Å²) in [5.41, 5.74) is -1.54. The van der Waals surface area contributed by atoms with Crippen LogP contribution in [0.5, 0.6) is 11.5 Å². The molecular formula is C37H53NO13. The number of aliphatic hydroxyl groups is 4. The van der Waals surface area contributed by atoms with Gasteiger partial charge in [-0.05, 0) is 32.1 Å². The lowest BCUT2D eigenvalue weighted by molar-refractivity contribution is -0.162. The minimum atomic E-state index is -2.28. The van der Waals surface area contributed by atoms with Crippen LogP contribution in [-0.4, -0.2) is 98.7 Å². The lowest BCUT2D eigenvalue weighted by Crippen LogP contribution is -2.47. The van der Waals surface area contributed by atoms with Gasteiger partial charge in [-0.3, -0.25) is 24.0 Å². The zero-order valence-corrected chi connectivity index (χ0v) is 30.8. The highest BCUT2D eigenvalue weighted by Crippen LogP contribution is 2.46. The van der Waals surface area contributed by atoms with Crippen LogP contribution >= 0.6 is 0 Å². The van der Waals surface area contributed by atoms with Crippen molar-refractivity contribution in [2.24, 2.45) is 29.6 Å². The van der Waals surface area contributed by atoms with E-state index in [-0.39, 0.29) is 41.0 Å². The van der Waals surface area contributed by atoms with Crippen molar-refractivity contribution in [2.45, 2.75) is 111 Å². The minimum Gasteiger partial charge on any atom is -0.507 e. The number of carbonyl (C=O) groups is 5. The lowest BCUT2D eigenvalue weighted by Gasteiger charge is -2.38. The highest BCUT2D eigenvalue weighted by atomic mass is 16.6. The third-order valence-electron chi connectivity index (χ3n) is 10.4. The average Bonchev–Trinajstić information content (AvgIpc) is 3.32. The van der Waals surface area contributed by atoms with Crippen molar-refractivity contribution in [1.29, 1.82) is 0 Å². The number of allylic oxidation sites excluding steroid dienone is 2. The summed E-state index contributed by atoms with van der Waals surface area (Å²) < 4.78 is 16.4. The van der Waals surface area contributed by atoms with Gasteiger partial charge in [0.2, 0.25) is 17.5 Å². The van der Waals surface area contributed by atoms with Gasteiger partial charge in [0.25, 0.3) is 5.79 Å². The Bertz CT molecular complexity index is 1550. The minimum absolute atomic E-state index is 0.0129. The first-order chi connectivity index (χ1) is 23.7. The number of aromatic hydroxyl groups is 1. The van der Waals surface area contributed by atoms with E-state index >= 15 is 0 Å². The first-order valence-corrected chi connectivity index (χ1v) is 17.4. The lowest BCUT2D eigenvalue weighted by atomic mass is 9.77. The molecular weight excluding hydrogens is 666 g/mol. The van der Waals surface area contributed by atoms with Crippen molar-refractivity contribution in [3.05, 3.63) is 34.0 Å². The zero-order valence-electron chi connectivity index (χ0n) is 30.8. The third-order valence-corrected chi connectivity index (χ3v) is 10.4. The van der Waals surface area contributed by atoms with E-state index in [2.05, 4.69) is 5.32 Å². The molecule has 1 aromatic rings. The molecule has 10 unspecified atom stereocenters. The molecule has 0 radical (unpaired) electrons. The van der Waals surface area contributed by atoms with Gasteiger partial charge in [0.05, 0.1) is 40.7 Å². The summed E-state index contributed by atoms with van der Waals surface area (Å²) in [5.74, 6) is -9.23. The van der Waals surface area contributed by atoms with E-state index in [1.807, 2.05) is 13.8 Å². The summed E-state index contributed by atoms with van der Waals surface area (Å²) in [7, 11) is 1.50. The topological polar surface area (TPSA) is 226 Å². The number of fused-ring (bicyclic) bond motifs is 3. The molecule has 1 aliphatic carbocycles. The summed E-state index contributed by atoms with van der Waals surface area (Å²) in [6.07, 6.45) is -0.616. The summed E-state index contributed by atoms with van der Waals surface area (Å²) in [4.78, 5) is 64.4. The number of methoxy groups -OCH3 is 1. The Hall–Kier alpha value is -3.69. The van der Waals surface area contributed by atoms with Crippen LogP contribution in [0, 0.1) is 36.5 Å². The molecule has 3 rings (SSSR count). The smallest absolute Gasteiger partial charge is 0.302 e.